The van der Waals surface area contributed by atoms with Crippen molar-refractivity contribution in [2.75, 3.05) is 0 Å². The average molecular weight is 180 g/mol. The molecule has 0 aromatic carbocycles. The lowest BCUT2D eigenvalue weighted by atomic mass is 10.2. The third-order valence-electron chi connectivity index (χ3n) is 2.17. The minimum Gasteiger partial charge on any atom is -0.103 e. The summed E-state index contributed by atoms with van der Waals surface area (Å²) in [6.45, 7) is 5.89. The van der Waals surface area contributed by atoms with Gasteiger partial charge in [-0.05, 0) is 32.1 Å². The van der Waals surface area contributed by atoms with E-state index in [4.69, 9.17) is 0 Å². The second-order valence-electron chi connectivity index (χ2n) is 3.54. The van der Waals surface area contributed by atoms with E-state index in [9.17, 15) is 0 Å². The lowest BCUT2D eigenvalue weighted by Gasteiger charge is -1.91. The Balaban J connectivity index is 0.000000243. The first-order valence-electron chi connectivity index (χ1n) is 5.67. The van der Waals surface area contributed by atoms with Gasteiger partial charge in [0.25, 0.3) is 0 Å². The summed E-state index contributed by atoms with van der Waals surface area (Å²) in [5.41, 5.74) is 0. The van der Waals surface area contributed by atoms with Crippen molar-refractivity contribution in [2.24, 2.45) is 0 Å². The topological polar surface area (TPSA) is 0 Å². The summed E-state index contributed by atoms with van der Waals surface area (Å²) in [7, 11) is 0. The molecular weight excluding hydrogens is 156 g/mol. The van der Waals surface area contributed by atoms with Crippen LogP contribution in [0.1, 0.15) is 58.3 Å². The van der Waals surface area contributed by atoms with Crippen LogP contribution in [0.3, 0.4) is 0 Å². The molecular formula is C13H24. The maximum atomic E-state index is 3.66. The van der Waals surface area contributed by atoms with Crippen molar-refractivity contribution in [3.8, 4) is 0 Å². The molecule has 0 N–H and O–H groups in total. The van der Waals surface area contributed by atoms with E-state index in [0.29, 0.717) is 0 Å². The monoisotopic (exact) mass is 180 g/mol. The van der Waals surface area contributed by atoms with Crippen molar-refractivity contribution in [3.05, 3.63) is 24.8 Å². The van der Waals surface area contributed by atoms with E-state index < -0.39 is 0 Å². The molecule has 0 aliphatic heterocycles. The number of rotatable bonds is 5. The average Bonchev–Trinajstić information content (AvgIpc) is 2.70. The minimum absolute atomic E-state index is 1.19. The molecule has 76 valence electrons. The van der Waals surface area contributed by atoms with Gasteiger partial charge in [-0.3, -0.25) is 0 Å². The van der Waals surface area contributed by atoms with Gasteiger partial charge in [-0.2, -0.15) is 0 Å². The SMILES string of the molecule is C1=CCCC1.C=CCCCCCC. The van der Waals surface area contributed by atoms with E-state index in [1.165, 1.54) is 51.4 Å². The summed E-state index contributed by atoms with van der Waals surface area (Å²) >= 11 is 0. The highest BCUT2D eigenvalue weighted by Crippen LogP contribution is 2.05. The maximum absolute atomic E-state index is 3.66. The Bertz CT molecular complexity index is 116. The van der Waals surface area contributed by atoms with Gasteiger partial charge in [-0.15, -0.1) is 6.58 Å². The lowest BCUT2D eigenvalue weighted by Crippen LogP contribution is -1.71. The Morgan fingerprint density at radius 2 is 1.85 bits per heavy atom. The minimum atomic E-state index is 1.19. The molecule has 0 nitrogen and oxygen atoms in total. The van der Waals surface area contributed by atoms with Crippen LogP contribution in [-0.2, 0) is 0 Å². The highest BCUT2D eigenvalue weighted by molar-refractivity contribution is 4.88. The lowest BCUT2D eigenvalue weighted by molar-refractivity contribution is 0.675. The van der Waals surface area contributed by atoms with Gasteiger partial charge in [-0.1, -0.05) is 44.4 Å². The zero-order valence-electron chi connectivity index (χ0n) is 9.10. The second kappa shape index (κ2) is 11.5. The van der Waals surface area contributed by atoms with Gasteiger partial charge in [0.2, 0.25) is 0 Å². The predicted octanol–water partition coefficient (Wildman–Crippen LogP) is 4.87. The smallest absolute Gasteiger partial charge is 0.0348 e. The van der Waals surface area contributed by atoms with Crippen LogP contribution in [0, 0.1) is 0 Å². The largest absolute Gasteiger partial charge is 0.103 e. The van der Waals surface area contributed by atoms with Crippen LogP contribution >= 0.6 is 0 Å². The van der Waals surface area contributed by atoms with E-state index in [-0.39, 0.29) is 0 Å². The van der Waals surface area contributed by atoms with Crippen molar-refractivity contribution < 1.29 is 0 Å². The van der Waals surface area contributed by atoms with Gasteiger partial charge >= 0.3 is 0 Å². The quantitative estimate of drug-likeness (QED) is 0.418. The molecule has 1 aliphatic rings. The number of hydrogen-bond donors (Lipinski definition) is 0. The number of hydrogen-bond acceptors (Lipinski definition) is 0. The highest BCUT2D eigenvalue weighted by Gasteiger charge is 1.84. The molecule has 0 bridgehead atoms. The molecule has 0 heterocycles. The molecule has 0 aromatic heterocycles. The molecule has 1 rings (SSSR count). The first-order chi connectivity index (χ1) is 6.41. The van der Waals surface area contributed by atoms with Crippen LogP contribution < -0.4 is 0 Å². The maximum Gasteiger partial charge on any atom is -0.0348 e. The van der Waals surface area contributed by atoms with E-state index in [0.717, 1.165) is 0 Å². The molecule has 0 saturated heterocycles. The molecule has 13 heavy (non-hydrogen) atoms. The van der Waals surface area contributed by atoms with Crippen molar-refractivity contribution in [1.82, 2.24) is 0 Å². The Morgan fingerprint density at radius 3 is 2.23 bits per heavy atom. The summed E-state index contributed by atoms with van der Waals surface area (Å²) in [5, 5.41) is 0. The molecule has 0 unspecified atom stereocenters. The Hall–Kier alpha value is -0.520. The summed E-state index contributed by atoms with van der Waals surface area (Å²) < 4.78 is 0. The van der Waals surface area contributed by atoms with Gasteiger partial charge in [0.1, 0.15) is 0 Å². The normalized spacial score (nSPS) is 13.6. The Labute approximate surface area is 83.7 Å². The van der Waals surface area contributed by atoms with Crippen LogP contribution in [0.15, 0.2) is 24.8 Å². The second-order valence-corrected chi connectivity index (χ2v) is 3.54. The Kier molecular flexibility index (Phi) is 11.0. The van der Waals surface area contributed by atoms with Gasteiger partial charge < -0.3 is 0 Å². The molecule has 0 saturated carbocycles. The molecule has 1 aliphatic carbocycles. The highest BCUT2D eigenvalue weighted by atomic mass is 13.9. The molecule has 0 atom stereocenters. The molecule has 0 fully saturated rings. The van der Waals surface area contributed by atoms with Crippen LogP contribution in [0.5, 0.6) is 0 Å². The third-order valence-corrected chi connectivity index (χ3v) is 2.17. The summed E-state index contributed by atoms with van der Waals surface area (Å²) in [4.78, 5) is 0. The van der Waals surface area contributed by atoms with Crippen molar-refractivity contribution in [1.29, 1.82) is 0 Å². The van der Waals surface area contributed by atoms with Crippen LogP contribution in [0.2, 0.25) is 0 Å². The van der Waals surface area contributed by atoms with Crippen LogP contribution in [0.25, 0.3) is 0 Å². The summed E-state index contributed by atoms with van der Waals surface area (Å²) in [6, 6.07) is 0. The standard InChI is InChI=1S/C8H16.C5H8/c1-3-5-7-8-6-4-2;1-2-4-5-3-1/h3H,1,4-8H2,2H3;1-2H,3-5H2. The molecule has 0 heteroatoms. The molecule has 0 amide bonds. The Morgan fingerprint density at radius 1 is 1.15 bits per heavy atom. The fourth-order valence-electron chi connectivity index (χ4n) is 1.30. The fourth-order valence-corrected chi connectivity index (χ4v) is 1.30. The van der Waals surface area contributed by atoms with Gasteiger partial charge in [0, 0.05) is 0 Å². The van der Waals surface area contributed by atoms with Crippen LogP contribution in [-0.4, -0.2) is 0 Å². The van der Waals surface area contributed by atoms with Gasteiger partial charge in [0.15, 0.2) is 0 Å². The fraction of sp³-hybridized carbons (Fsp3) is 0.692. The number of allylic oxidation sites excluding steroid dienone is 3. The van der Waals surface area contributed by atoms with Crippen molar-refractivity contribution in [2.45, 2.75) is 58.3 Å². The summed E-state index contributed by atoms with van der Waals surface area (Å²) in [5.74, 6) is 0. The molecule has 0 radical (unpaired) electrons. The van der Waals surface area contributed by atoms with Crippen LogP contribution in [0.4, 0.5) is 0 Å². The molecule has 0 spiro atoms. The van der Waals surface area contributed by atoms with E-state index in [2.05, 4.69) is 25.7 Å². The zero-order chi connectivity index (χ0) is 9.78. The van der Waals surface area contributed by atoms with Crippen molar-refractivity contribution >= 4 is 0 Å². The van der Waals surface area contributed by atoms with E-state index in [1.54, 1.807) is 0 Å². The zero-order valence-corrected chi connectivity index (χ0v) is 9.10. The molecule has 0 aromatic rings. The first kappa shape index (κ1) is 12.5. The van der Waals surface area contributed by atoms with Crippen molar-refractivity contribution in [3.63, 3.8) is 0 Å². The van der Waals surface area contributed by atoms with E-state index >= 15 is 0 Å². The predicted molar refractivity (Wildman–Crippen MR) is 61.9 cm³/mol. The summed E-state index contributed by atoms with van der Waals surface area (Å²) in [6.07, 6.45) is 17.1. The van der Waals surface area contributed by atoms with Gasteiger partial charge in [0.05, 0.1) is 0 Å². The first-order valence-corrected chi connectivity index (χ1v) is 5.67. The number of unbranched alkanes of at least 4 members (excludes halogenated alkanes) is 4. The van der Waals surface area contributed by atoms with Gasteiger partial charge in [-0.25, -0.2) is 0 Å². The van der Waals surface area contributed by atoms with E-state index in [1.807, 2.05) is 6.08 Å². The third kappa shape index (κ3) is 11.5.